The van der Waals surface area contributed by atoms with Crippen LogP contribution in [-0.4, -0.2) is 35.3 Å². The number of hydrogen-bond acceptors (Lipinski definition) is 3. The Labute approximate surface area is 85.5 Å². The first-order chi connectivity index (χ1) is 6.33. The molecule has 2 nitrogen and oxygen atoms in total. The molecule has 0 amide bonds. The quantitative estimate of drug-likeness (QED) is 0.712. The fraction of sp³-hybridized carbons (Fsp3) is 1.00. The summed E-state index contributed by atoms with van der Waals surface area (Å²) in [6, 6.07) is 0.644. The number of thioether (sulfide) groups is 1. The predicted molar refractivity (Wildman–Crippen MR) is 59.3 cm³/mol. The second kappa shape index (κ2) is 6.68. The van der Waals surface area contributed by atoms with E-state index in [1.165, 1.54) is 24.3 Å². The molecule has 0 aliphatic carbocycles. The molecule has 2 unspecified atom stereocenters. The Balaban J connectivity index is 2.03. The highest BCUT2D eigenvalue weighted by Crippen LogP contribution is 2.16. The summed E-state index contributed by atoms with van der Waals surface area (Å²) in [6.45, 7) is 2.89. The smallest absolute Gasteiger partial charge is 0.0664 e. The maximum atomic E-state index is 9.51. The standard InChI is InChI=1S/C10H21NOS/c1-2-4-10(12)7-11-9-5-3-6-13-8-9/h9-12H,2-8H2,1H3. The summed E-state index contributed by atoms with van der Waals surface area (Å²) in [7, 11) is 0. The molecule has 0 aromatic rings. The van der Waals surface area contributed by atoms with Gasteiger partial charge in [0.15, 0.2) is 0 Å². The molecule has 3 heteroatoms. The molecule has 2 atom stereocenters. The second-order valence-corrected chi connectivity index (χ2v) is 4.91. The van der Waals surface area contributed by atoms with E-state index in [4.69, 9.17) is 0 Å². The SMILES string of the molecule is CCCC(O)CNC1CCCSC1. The zero-order valence-electron chi connectivity index (χ0n) is 8.46. The van der Waals surface area contributed by atoms with E-state index in [9.17, 15) is 5.11 Å². The molecule has 0 saturated carbocycles. The molecule has 0 radical (unpaired) electrons. The molecule has 1 fully saturated rings. The normalized spacial score (nSPS) is 25.8. The lowest BCUT2D eigenvalue weighted by Crippen LogP contribution is -2.38. The van der Waals surface area contributed by atoms with Crippen LogP contribution in [0.3, 0.4) is 0 Å². The van der Waals surface area contributed by atoms with Crippen molar-refractivity contribution in [3.05, 3.63) is 0 Å². The second-order valence-electron chi connectivity index (χ2n) is 3.76. The monoisotopic (exact) mass is 203 g/mol. The summed E-state index contributed by atoms with van der Waals surface area (Å²) >= 11 is 2.02. The summed E-state index contributed by atoms with van der Waals surface area (Å²) < 4.78 is 0. The maximum Gasteiger partial charge on any atom is 0.0664 e. The van der Waals surface area contributed by atoms with E-state index >= 15 is 0 Å². The van der Waals surface area contributed by atoms with Crippen LogP contribution in [0.5, 0.6) is 0 Å². The fourth-order valence-corrected chi connectivity index (χ4v) is 2.75. The van der Waals surface area contributed by atoms with Crippen LogP contribution in [0.4, 0.5) is 0 Å². The highest BCUT2D eigenvalue weighted by atomic mass is 32.2. The van der Waals surface area contributed by atoms with Crippen LogP contribution in [0.15, 0.2) is 0 Å². The number of hydrogen-bond donors (Lipinski definition) is 2. The molecule has 0 bridgehead atoms. The number of rotatable bonds is 5. The van der Waals surface area contributed by atoms with Crippen molar-refractivity contribution in [1.29, 1.82) is 0 Å². The van der Waals surface area contributed by atoms with Crippen LogP contribution in [0.1, 0.15) is 32.6 Å². The average molecular weight is 203 g/mol. The topological polar surface area (TPSA) is 32.3 Å². The van der Waals surface area contributed by atoms with Crippen molar-refractivity contribution < 1.29 is 5.11 Å². The molecule has 0 spiro atoms. The molecule has 2 N–H and O–H groups in total. The van der Waals surface area contributed by atoms with E-state index in [-0.39, 0.29) is 6.10 Å². The lowest BCUT2D eigenvalue weighted by molar-refractivity contribution is 0.156. The number of nitrogens with one attached hydrogen (secondary N) is 1. The van der Waals surface area contributed by atoms with Gasteiger partial charge in [-0.2, -0.15) is 11.8 Å². The first-order valence-electron chi connectivity index (χ1n) is 5.32. The summed E-state index contributed by atoms with van der Waals surface area (Å²) in [4.78, 5) is 0. The Morgan fingerprint density at radius 3 is 3.08 bits per heavy atom. The Morgan fingerprint density at radius 2 is 2.46 bits per heavy atom. The summed E-state index contributed by atoms with van der Waals surface area (Å²) in [6.07, 6.45) is 4.46. The summed E-state index contributed by atoms with van der Waals surface area (Å²) in [5.74, 6) is 2.54. The van der Waals surface area contributed by atoms with Crippen molar-refractivity contribution in [2.75, 3.05) is 18.1 Å². The lowest BCUT2D eigenvalue weighted by Gasteiger charge is -2.23. The van der Waals surface area contributed by atoms with Crippen molar-refractivity contribution >= 4 is 11.8 Å². The summed E-state index contributed by atoms with van der Waals surface area (Å²) in [5, 5.41) is 12.9. The third-order valence-corrected chi connectivity index (χ3v) is 3.64. The van der Waals surface area contributed by atoms with Gasteiger partial charge in [-0.05, 0) is 25.0 Å². The Bertz CT molecular complexity index is 126. The lowest BCUT2D eigenvalue weighted by atomic mass is 10.1. The molecular formula is C10H21NOS. The summed E-state index contributed by atoms with van der Waals surface area (Å²) in [5.41, 5.74) is 0. The first kappa shape index (κ1) is 11.3. The van der Waals surface area contributed by atoms with E-state index < -0.39 is 0 Å². The molecule has 13 heavy (non-hydrogen) atoms. The van der Waals surface area contributed by atoms with Gasteiger partial charge in [-0.15, -0.1) is 0 Å². The van der Waals surface area contributed by atoms with Gasteiger partial charge in [-0.25, -0.2) is 0 Å². The van der Waals surface area contributed by atoms with Gasteiger partial charge >= 0.3 is 0 Å². The van der Waals surface area contributed by atoms with Crippen LogP contribution in [0.25, 0.3) is 0 Å². The van der Waals surface area contributed by atoms with Crippen LogP contribution in [-0.2, 0) is 0 Å². The zero-order valence-corrected chi connectivity index (χ0v) is 9.28. The van der Waals surface area contributed by atoms with E-state index in [1.54, 1.807) is 0 Å². The van der Waals surface area contributed by atoms with Crippen LogP contribution in [0.2, 0.25) is 0 Å². The van der Waals surface area contributed by atoms with Crippen molar-refractivity contribution in [3.63, 3.8) is 0 Å². The minimum absolute atomic E-state index is 0.142. The van der Waals surface area contributed by atoms with Gasteiger partial charge in [0.1, 0.15) is 0 Å². The van der Waals surface area contributed by atoms with Crippen LogP contribution < -0.4 is 5.32 Å². The van der Waals surface area contributed by atoms with Crippen LogP contribution in [0, 0.1) is 0 Å². The Morgan fingerprint density at radius 1 is 1.62 bits per heavy atom. The minimum Gasteiger partial charge on any atom is -0.392 e. The highest BCUT2D eigenvalue weighted by Gasteiger charge is 2.13. The molecule has 0 aromatic carbocycles. The predicted octanol–water partition coefficient (Wildman–Crippen LogP) is 1.63. The Hall–Kier alpha value is 0.270. The van der Waals surface area contributed by atoms with Gasteiger partial charge in [0.25, 0.3) is 0 Å². The van der Waals surface area contributed by atoms with Crippen LogP contribution >= 0.6 is 11.8 Å². The molecule has 1 aliphatic heterocycles. The highest BCUT2D eigenvalue weighted by molar-refractivity contribution is 7.99. The molecular weight excluding hydrogens is 182 g/mol. The van der Waals surface area contributed by atoms with Gasteiger partial charge in [0, 0.05) is 18.3 Å². The van der Waals surface area contributed by atoms with Gasteiger partial charge in [-0.1, -0.05) is 13.3 Å². The molecule has 1 aliphatic rings. The number of aliphatic hydroxyl groups excluding tert-OH is 1. The van der Waals surface area contributed by atoms with E-state index in [0.29, 0.717) is 6.04 Å². The van der Waals surface area contributed by atoms with Crippen molar-refractivity contribution in [2.45, 2.75) is 44.8 Å². The zero-order chi connectivity index (χ0) is 9.52. The molecule has 1 saturated heterocycles. The van der Waals surface area contributed by atoms with Gasteiger partial charge < -0.3 is 10.4 Å². The van der Waals surface area contributed by atoms with E-state index in [0.717, 1.165) is 19.4 Å². The molecule has 78 valence electrons. The molecule has 1 heterocycles. The van der Waals surface area contributed by atoms with Gasteiger partial charge in [0.2, 0.25) is 0 Å². The van der Waals surface area contributed by atoms with Crippen molar-refractivity contribution in [3.8, 4) is 0 Å². The fourth-order valence-electron chi connectivity index (χ4n) is 1.64. The Kier molecular flexibility index (Phi) is 5.83. The third-order valence-electron chi connectivity index (χ3n) is 2.42. The minimum atomic E-state index is -0.142. The largest absolute Gasteiger partial charge is 0.392 e. The van der Waals surface area contributed by atoms with E-state index in [1.807, 2.05) is 11.8 Å². The van der Waals surface area contributed by atoms with Crippen molar-refractivity contribution in [2.24, 2.45) is 0 Å². The maximum absolute atomic E-state index is 9.51. The molecule has 1 rings (SSSR count). The average Bonchev–Trinajstić information content (AvgIpc) is 2.17. The third kappa shape index (κ3) is 4.89. The van der Waals surface area contributed by atoms with Crippen molar-refractivity contribution in [1.82, 2.24) is 5.32 Å². The van der Waals surface area contributed by atoms with Gasteiger partial charge in [-0.3, -0.25) is 0 Å². The molecule has 0 aromatic heterocycles. The number of aliphatic hydroxyl groups is 1. The van der Waals surface area contributed by atoms with Gasteiger partial charge in [0.05, 0.1) is 6.10 Å². The van der Waals surface area contributed by atoms with E-state index in [2.05, 4.69) is 12.2 Å². The first-order valence-corrected chi connectivity index (χ1v) is 6.47.